The van der Waals surface area contributed by atoms with Crippen LogP contribution < -0.4 is 15.8 Å². The average molecular weight is 371 g/mol. The Morgan fingerprint density at radius 1 is 1.08 bits per heavy atom. The van der Waals surface area contributed by atoms with E-state index in [0.717, 1.165) is 12.1 Å². The summed E-state index contributed by atoms with van der Waals surface area (Å²) in [5.74, 6) is -1.17. The Balaban J connectivity index is 0.00000312. The Bertz CT molecular complexity index is 681. The first-order chi connectivity index (χ1) is 11.6. The van der Waals surface area contributed by atoms with Crippen LogP contribution in [0.1, 0.15) is 18.4 Å². The lowest BCUT2D eigenvalue weighted by Gasteiger charge is -2.08. The molecule has 0 unspecified atom stereocenters. The quantitative estimate of drug-likeness (QED) is 0.745. The van der Waals surface area contributed by atoms with E-state index in [2.05, 4.69) is 5.32 Å². The molecule has 0 fully saturated rings. The molecule has 0 aromatic heterocycles. The molecule has 7 heteroatoms. The molecule has 25 heavy (non-hydrogen) atoms. The molecule has 0 heterocycles. The van der Waals surface area contributed by atoms with Crippen molar-refractivity contribution in [3.8, 4) is 5.75 Å². The van der Waals surface area contributed by atoms with E-state index in [-0.39, 0.29) is 18.3 Å². The van der Waals surface area contributed by atoms with E-state index >= 15 is 0 Å². The van der Waals surface area contributed by atoms with Gasteiger partial charge in [-0.15, -0.1) is 12.4 Å². The summed E-state index contributed by atoms with van der Waals surface area (Å²) in [5, 5.41) is 2.78. The fourth-order valence-corrected chi connectivity index (χ4v) is 2.18. The third-order valence-corrected chi connectivity index (χ3v) is 3.38. The van der Waals surface area contributed by atoms with Crippen LogP contribution in [-0.2, 0) is 11.2 Å². The van der Waals surface area contributed by atoms with Gasteiger partial charge in [0, 0.05) is 18.7 Å². The van der Waals surface area contributed by atoms with Gasteiger partial charge in [-0.05, 0) is 54.8 Å². The average Bonchev–Trinajstić information content (AvgIpc) is 2.57. The normalized spacial score (nSPS) is 10.0. The number of nitrogens with two attached hydrogens (primary N) is 1. The number of carbonyl (C=O) groups excluding carboxylic acids is 1. The molecule has 0 aliphatic rings. The molecule has 2 aromatic rings. The molecule has 136 valence electrons. The fraction of sp³-hybridized carbons (Fsp3) is 0.278. The van der Waals surface area contributed by atoms with E-state index in [4.69, 9.17) is 10.5 Å². The first-order valence-corrected chi connectivity index (χ1v) is 7.75. The summed E-state index contributed by atoms with van der Waals surface area (Å²) < 4.78 is 31.3. The van der Waals surface area contributed by atoms with Gasteiger partial charge in [0.2, 0.25) is 5.91 Å². The van der Waals surface area contributed by atoms with Crippen molar-refractivity contribution in [2.75, 3.05) is 18.5 Å². The number of carbonyl (C=O) groups is 1. The highest BCUT2D eigenvalue weighted by Crippen LogP contribution is 2.16. The number of anilines is 1. The first-order valence-electron chi connectivity index (χ1n) is 7.75. The Morgan fingerprint density at radius 3 is 2.44 bits per heavy atom. The molecular formula is C18H21ClF2N2O2. The van der Waals surface area contributed by atoms with Gasteiger partial charge < -0.3 is 15.8 Å². The van der Waals surface area contributed by atoms with Gasteiger partial charge in [-0.1, -0.05) is 6.07 Å². The van der Waals surface area contributed by atoms with Crippen LogP contribution in [0.3, 0.4) is 0 Å². The highest BCUT2D eigenvalue weighted by Gasteiger charge is 2.05. The van der Waals surface area contributed by atoms with Gasteiger partial charge >= 0.3 is 0 Å². The lowest BCUT2D eigenvalue weighted by atomic mass is 10.1. The zero-order valence-electron chi connectivity index (χ0n) is 13.6. The van der Waals surface area contributed by atoms with Crippen LogP contribution in [0.4, 0.5) is 14.5 Å². The Morgan fingerprint density at radius 2 is 1.80 bits per heavy atom. The van der Waals surface area contributed by atoms with Crippen LogP contribution in [0, 0.1) is 11.6 Å². The number of hydrogen-bond donors (Lipinski definition) is 2. The van der Waals surface area contributed by atoms with Crippen molar-refractivity contribution < 1.29 is 18.3 Å². The molecule has 4 nitrogen and oxygen atoms in total. The van der Waals surface area contributed by atoms with E-state index in [1.165, 1.54) is 6.07 Å². The Labute approximate surface area is 151 Å². The highest BCUT2D eigenvalue weighted by molar-refractivity contribution is 5.90. The van der Waals surface area contributed by atoms with Gasteiger partial charge in [-0.3, -0.25) is 4.79 Å². The van der Waals surface area contributed by atoms with E-state index in [9.17, 15) is 13.6 Å². The lowest BCUT2D eigenvalue weighted by molar-refractivity contribution is -0.116. The van der Waals surface area contributed by atoms with E-state index in [0.29, 0.717) is 49.4 Å². The number of amides is 1. The number of aryl methyl sites for hydroxylation is 1. The maximum atomic E-state index is 13.1. The number of nitrogens with one attached hydrogen (secondary N) is 1. The molecule has 0 bridgehead atoms. The SMILES string of the molecule is Cl.NCCOc1ccc(NC(=O)CCCc2ccc(F)c(F)c2)cc1. The Kier molecular flexibility index (Phi) is 8.88. The summed E-state index contributed by atoms with van der Waals surface area (Å²) >= 11 is 0. The van der Waals surface area contributed by atoms with Crippen molar-refractivity contribution in [3.63, 3.8) is 0 Å². The summed E-state index contributed by atoms with van der Waals surface area (Å²) in [6.07, 6.45) is 1.36. The fourth-order valence-electron chi connectivity index (χ4n) is 2.18. The standard InChI is InChI=1S/C18H20F2N2O2.ClH/c19-16-9-4-13(12-17(16)20)2-1-3-18(23)22-14-5-7-15(8-6-14)24-11-10-21;/h4-9,12H,1-3,10-11,21H2,(H,22,23);1H. The van der Waals surface area contributed by atoms with Crippen LogP contribution in [0.25, 0.3) is 0 Å². The van der Waals surface area contributed by atoms with Gasteiger partial charge in [0.1, 0.15) is 12.4 Å². The molecule has 0 saturated heterocycles. The summed E-state index contributed by atoms with van der Waals surface area (Å²) in [5.41, 5.74) is 6.70. The molecule has 0 spiro atoms. The minimum absolute atomic E-state index is 0. The van der Waals surface area contributed by atoms with Crippen LogP contribution in [-0.4, -0.2) is 19.1 Å². The topological polar surface area (TPSA) is 64.3 Å². The second-order valence-corrected chi connectivity index (χ2v) is 5.31. The second-order valence-electron chi connectivity index (χ2n) is 5.31. The lowest BCUT2D eigenvalue weighted by Crippen LogP contribution is -2.12. The zero-order chi connectivity index (χ0) is 17.4. The predicted molar refractivity (Wildman–Crippen MR) is 96.2 cm³/mol. The third-order valence-electron chi connectivity index (χ3n) is 3.38. The first kappa shape index (κ1) is 20.9. The maximum absolute atomic E-state index is 13.1. The van der Waals surface area contributed by atoms with E-state index in [1.54, 1.807) is 24.3 Å². The molecule has 0 aliphatic heterocycles. The highest BCUT2D eigenvalue weighted by atomic mass is 35.5. The third kappa shape index (κ3) is 7.07. The molecule has 0 atom stereocenters. The van der Waals surface area contributed by atoms with Crippen molar-refractivity contribution in [1.29, 1.82) is 0 Å². The van der Waals surface area contributed by atoms with Gasteiger partial charge in [-0.2, -0.15) is 0 Å². The minimum Gasteiger partial charge on any atom is -0.492 e. The van der Waals surface area contributed by atoms with E-state index < -0.39 is 11.6 Å². The molecular weight excluding hydrogens is 350 g/mol. The van der Waals surface area contributed by atoms with Crippen LogP contribution in [0.15, 0.2) is 42.5 Å². The molecule has 1 amide bonds. The second kappa shape index (κ2) is 10.6. The zero-order valence-corrected chi connectivity index (χ0v) is 14.5. The largest absolute Gasteiger partial charge is 0.492 e. The number of ether oxygens (including phenoxy) is 1. The van der Waals surface area contributed by atoms with Crippen LogP contribution in [0.2, 0.25) is 0 Å². The summed E-state index contributed by atoms with van der Waals surface area (Å²) in [7, 11) is 0. The molecule has 0 radical (unpaired) electrons. The number of rotatable bonds is 8. The predicted octanol–water partition coefficient (Wildman–Crippen LogP) is 3.69. The minimum atomic E-state index is -0.867. The summed E-state index contributed by atoms with van der Waals surface area (Å²) in [6, 6.07) is 10.8. The summed E-state index contributed by atoms with van der Waals surface area (Å²) in [4.78, 5) is 11.9. The van der Waals surface area contributed by atoms with Crippen LogP contribution >= 0.6 is 12.4 Å². The van der Waals surface area contributed by atoms with Crippen LogP contribution in [0.5, 0.6) is 5.75 Å². The molecule has 0 saturated carbocycles. The number of halogens is 3. The van der Waals surface area contributed by atoms with Crippen molar-refractivity contribution in [1.82, 2.24) is 0 Å². The van der Waals surface area contributed by atoms with Gasteiger partial charge in [0.25, 0.3) is 0 Å². The molecule has 2 aromatic carbocycles. The molecule has 3 N–H and O–H groups in total. The number of benzene rings is 2. The monoisotopic (exact) mass is 370 g/mol. The van der Waals surface area contributed by atoms with Gasteiger partial charge in [0.05, 0.1) is 0 Å². The van der Waals surface area contributed by atoms with Crippen molar-refractivity contribution in [2.24, 2.45) is 5.73 Å². The van der Waals surface area contributed by atoms with Gasteiger partial charge in [0.15, 0.2) is 11.6 Å². The van der Waals surface area contributed by atoms with Crippen molar-refractivity contribution in [3.05, 3.63) is 59.7 Å². The molecule has 0 aliphatic carbocycles. The van der Waals surface area contributed by atoms with Gasteiger partial charge in [-0.25, -0.2) is 8.78 Å². The van der Waals surface area contributed by atoms with E-state index in [1.807, 2.05) is 0 Å². The number of hydrogen-bond acceptors (Lipinski definition) is 3. The summed E-state index contributed by atoms with van der Waals surface area (Å²) in [6.45, 7) is 0.881. The smallest absolute Gasteiger partial charge is 0.224 e. The van der Waals surface area contributed by atoms with Crippen molar-refractivity contribution in [2.45, 2.75) is 19.3 Å². The van der Waals surface area contributed by atoms with Crippen molar-refractivity contribution >= 4 is 24.0 Å². The Hall–Kier alpha value is -2.18. The maximum Gasteiger partial charge on any atom is 0.224 e. The molecule has 2 rings (SSSR count).